The molecule has 0 aliphatic heterocycles. The van der Waals surface area contributed by atoms with Crippen LogP contribution >= 0.6 is 12.6 Å². The number of rotatable bonds is 11. The average molecular weight is 637 g/mol. The molecule has 234 valence electrons. The number of ether oxygens (including phenoxy) is 1. The lowest BCUT2D eigenvalue weighted by Crippen LogP contribution is -2.09. The summed E-state index contributed by atoms with van der Waals surface area (Å²) in [5.41, 5.74) is 8.93. The van der Waals surface area contributed by atoms with Gasteiger partial charge >= 0.3 is 5.97 Å². The van der Waals surface area contributed by atoms with Crippen LogP contribution in [0.25, 0.3) is 33.5 Å². The first kappa shape index (κ1) is 30.5. The molecule has 0 spiro atoms. The van der Waals surface area contributed by atoms with Gasteiger partial charge in [-0.15, -0.1) is 12.6 Å². The quantitative estimate of drug-likeness (QED) is 0.114. The van der Waals surface area contributed by atoms with Crippen LogP contribution in [0.4, 0.5) is 0 Å². The molecular weight excluding hydrogens is 601 g/mol. The fraction of sp³-hybridized carbons (Fsp3) is 0.175. The van der Waals surface area contributed by atoms with E-state index in [2.05, 4.69) is 100 Å². The van der Waals surface area contributed by atoms with Gasteiger partial charge in [-0.1, -0.05) is 97.1 Å². The fourth-order valence-electron chi connectivity index (χ4n) is 6.61. The Morgan fingerprint density at radius 2 is 1.43 bits per heavy atom. The van der Waals surface area contributed by atoms with Gasteiger partial charge in [-0.2, -0.15) is 0 Å². The molecule has 0 bridgehead atoms. The number of methoxy groups -OCH3 is 1. The van der Waals surface area contributed by atoms with Crippen LogP contribution in [0.1, 0.15) is 45.8 Å². The molecule has 0 aliphatic rings. The SMILES string of the molecule is COC(=O)c1ccc2c(c1)nc(-c1cccc3nc(S)n(CCCc4ccccc4)c13)n2CCC(c1ccccc1)c1ccccc1. The molecule has 0 fully saturated rings. The number of aryl methyl sites for hydroxylation is 3. The van der Waals surface area contributed by atoms with E-state index >= 15 is 0 Å². The Hall–Kier alpha value is -5.14. The van der Waals surface area contributed by atoms with Crippen molar-refractivity contribution in [3.8, 4) is 11.4 Å². The van der Waals surface area contributed by atoms with Crippen LogP contribution in [-0.2, 0) is 24.2 Å². The van der Waals surface area contributed by atoms with Crippen LogP contribution < -0.4 is 0 Å². The Morgan fingerprint density at radius 1 is 0.745 bits per heavy atom. The summed E-state index contributed by atoms with van der Waals surface area (Å²) < 4.78 is 9.54. The molecule has 2 heterocycles. The van der Waals surface area contributed by atoms with Crippen molar-refractivity contribution in [1.82, 2.24) is 19.1 Å². The molecule has 0 saturated carbocycles. The van der Waals surface area contributed by atoms with Crippen molar-refractivity contribution in [1.29, 1.82) is 0 Å². The van der Waals surface area contributed by atoms with E-state index in [9.17, 15) is 4.79 Å². The molecule has 0 radical (unpaired) electrons. The number of imidazole rings is 2. The maximum atomic E-state index is 12.5. The predicted octanol–water partition coefficient (Wildman–Crippen LogP) is 8.98. The third-order valence-electron chi connectivity index (χ3n) is 8.89. The third kappa shape index (κ3) is 6.31. The summed E-state index contributed by atoms with van der Waals surface area (Å²) in [6, 6.07) is 43.7. The highest BCUT2D eigenvalue weighted by atomic mass is 32.1. The van der Waals surface area contributed by atoms with Gasteiger partial charge in [0.15, 0.2) is 5.16 Å². The lowest BCUT2D eigenvalue weighted by molar-refractivity contribution is 0.0601. The van der Waals surface area contributed by atoms with E-state index in [4.69, 9.17) is 27.3 Å². The number of carbonyl (C=O) groups excluding carboxylic acids is 1. The van der Waals surface area contributed by atoms with Crippen LogP contribution in [0.15, 0.2) is 133 Å². The van der Waals surface area contributed by atoms with Gasteiger partial charge in [0.1, 0.15) is 5.82 Å². The lowest BCUT2D eigenvalue weighted by Gasteiger charge is -2.20. The van der Waals surface area contributed by atoms with Gasteiger partial charge < -0.3 is 13.9 Å². The third-order valence-corrected chi connectivity index (χ3v) is 9.23. The maximum absolute atomic E-state index is 12.5. The number of thiol groups is 1. The zero-order valence-electron chi connectivity index (χ0n) is 26.3. The summed E-state index contributed by atoms with van der Waals surface area (Å²) >= 11 is 4.82. The van der Waals surface area contributed by atoms with Crippen molar-refractivity contribution < 1.29 is 9.53 Å². The minimum absolute atomic E-state index is 0.195. The smallest absolute Gasteiger partial charge is 0.337 e. The summed E-state index contributed by atoms with van der Waals surface area (Å²) in [5.74, 6) is 0.653. The van der Waals surface area contributed by atoms with Gasteiger partial charge in [0.2, 0.25) is 0 Å². The van der Waals surface area contributed by atoms with Crippen molar-refractivity contribution in [2.24, 2.45) is 0 Å². The van der Waals surface area contributed by atoms with Gasteiger partial charge in [0, 0.05) is 24.6 Å². The van der Waals surface area contributed by atoms with Crippen LogP contribution in [-0.4, -0.2) is 32.2 Å². The number of esters is 1. The van der Waals surface area contributed by atoms with Gasteiger partial charge in [0.05, 0.1) is 34.7 Å². The molecule has 7 heteroatoms. The van der Waals surface area contributed by atoms with Crippen molar-refractivity contribution in [2.75, 3.05) is 7.11 Å². The first-order valence-corrected chi connectivity index (χ1v) is 16.5. The summed E-state index contributed by atoms with van der Waals surface area (Å²) in [6.07, 6.45) is 2.77. The summed E-state index contributed by atoms with van der Waals surface area (Å²) in [7, 11) is 1.40. The molecule has 0 N–H and O–H groups in total. The monoisotopic (exact) mass is 636 g/mol. The molecule has 2 aromatic heterocycles. The van der Waals surface area contributed by atoms with E-state index in [0.717, 1.165) is 59.3 Å². The van der Waals surface area contributed by atoms with E-state index in [1.807, 2.05) is 36.4 Å². The molecule has 7 aromatic rings. The minimum Gasteiger partial charge on any atom is -0.465 e. The summed E-state index contributed by atoms with van der Waals surface area (Å²) in [6.45, 7) is 1.49. The van der Waals surface area contributed by atoms with Crippen LogP contribution in [0.2, 0.25) is 0 Å². The molecule has 0 unspecified atom stereocenters. The van der Waals surface area contributed by atoms with Gasteiger partial charge in [-0.25, -0.2) is 14.8 Å². The van der Waals surface area contributed by atoms with Gasteiger partial charge in [0.25, 0.3) is 0 Å². The Bertz CT molecular complexity index is 2100. The van der Waals surface area contributed by atoms with Crippen molar-refractivity contribution >= 4 is 40.7 Å². The molecule has 5 aromatic carbocycles. The topological polar surface area (TPSA) is 61.9 Å². The van der Waals surface area contributed by atoms with Gasteiger partial charge in [-0.05, 0) is 66.3 Å². The number of benzene rings is 5. The Kier molecular flexibility index (Phi) is 8.89. The normalized spacial score (nSPS) is 11.5. The van der Waals surface area contributed by atoms with Crippen molar-refractivity contribution in [2.45, 2.75) is 43.4 Å². The first-order valence-electron chi connectivity index (χ1n) is 16.0. The second kappa shape index (κ2) is 13.7. The fourth-order valence-corrected chi connectivity index (χ4v) is 6.92. The van der Waals surface area contributed by atoms with E-state index in [-0.39, 0.29) is 11.9 Å². The first-order chi connectivity index (χ1) is 23.1. The van der Waals surface area contributed by atoms with Crippen LogP contribution in [0.5, 0.6) is 0 Å². The number of para-hydroxylation sites is 1. The molecule has 0 aliphatic carbocycles. The van der Waals surface area contributed by atoms with Crippen LogP contribution in [0, 0.1) is 0 Å². The highest BCUT2D eigenvalue weighted by Gasteiger charge is 2.22. The van der Waals surface area contributed by atoms with Gasteiger partial charge in [-0.3, -0.25) is 0 Å². The van der Waals surface area contributed by atoms with Crippen molar-refractivity contribution in [3.05, 3.63) is 150 Å². The second-order valence-electron chi connectivity index (χ2n) is 11.8. The number of fused-ring (bicyclic) bond motifs is 2. The largest absolute Gasteiger partial charge is 0.465 e. The van der Waals surface area contributed by atoms with E-state index in [0.29, 0.717) is 17.3 Å². The number of nitrogens with zero attached hydrogens (tertiary/aromatic N) is 4. The highest BCUT2D eigenvalue weighted by Crippen LogP contribution is 2.35. The molecule has 0 atom stereocenters. The minimum atomic E-state index is -0.380. The number of hydrogen-bond donors (Lipinski definition) is 1. The number of hydrogen-bond acceptors (Lipinski definition) is 5. The molecule has 7 rings (SSSR count). The van der Waals surface area contributed by atoms with Crippen LogP contribution in [0.3, 0.4) is 0 Å². The lowest BCUT2D eigenvalue weighted by atomic mass is 9.88. The Labute approximate surface area is 280 Å². The van der Waals surface area contributed by atoms with Crippen molar-refractivity contribution in [3.63, 3.8) is 0 Å². The van der Waals surface area contributed by atoms with E-state index in [1.54, 1.807) is 0 Å². The standard InChI is InChI=1S/C40H36N4O2S/c1-46-39(45)31-22-23-36-35(27-31)41-38(43(36)26-24-32(29-16-7-3-8-17-29)30-18-9-4-10-19-30)33-20-11-21-34-37(33)44(40(47)42-34)25-12-15-28-13-5-2-6-14-28/h2-11,13-14,16-23,27,32H,12,15,24-26H2,1H3,(H,42,47). The molecule has 0 saturated heterocycles. The Morgan fingerprint density at radius 3 is 2.11 bits per heavy atom. The summed E-state index contributed by atoms with van der Waals surface area (Å²) in [5, 5.41) is 0.685. The number of carbonyl (C=O) groups is 1. The zero-order chi connectivity index (χ0) is 32.2. The summed E-state index contributed by atoms with van der Waals surface area (Å²) in [4.78, 5) is 22.5. The molecule has 6 nitrogen and oxygen atoms in total. The number of aromatic nitrogens is 4. The Balaban J connectivity index is 1.32. The maximum Gasteiger partial charge on any atom is 0.337 e. The van der Waals surface area contributed by atoms with E-state index in [1.165, 1.54) is 23.8 Å². The highest BCUT2D eigenvalue weighted by molar-refractivity contribution is 7.80. The molecular formula is C40H36N4O2S. The average Bonchev–Trinajstić information content (AvgIpc) is 3.65. The zero-order valence-corrected chi connectivity index (χ0v) is 27.2. The van der Waals surface area contributed by atoms with E-state index < -0.39 is 0 Å². The predicted molar refractivity (Wildman–Crippen MR) is 191 cm³/mol. The molecule has 47 heavy (non-hydrogen) atoms. The second-order valence-corrected chi connectivity index (χ2v) is 12.2. The molecule has 0 amide bonds.